The number of thiazole rings is 1. The minimum Gasteiger partial charge on any atom is -0.350 e. The highest BCUT2D eigenvalue weighted by atomic mass is 32.1. The zero-order chi connectivity index (χ0) is 17.9. The lowest BCUT2D eigenvalue weighted by Crippen LogP contribution is -2.42. The van der Waals surface area contributed by atoms with Crippen LogP contribution in [0.3, 0.4) is 0 Å². The van der Waals surface area contributed by atoms with E-state index in [2.05, 4.69) is 15.6 Å². The van der Waals surface area contributed by atoms with Gasteiger partial charge in [-0.3, -0.25) is 9.59 Å². The Balaban J connectivity index is 1.32. The van der Waals surface area contributed by atoms with Crippen molar-refractivity contribution in [1.82, 2.24) is 15.2 Å². The molecule has 1 saturated heterocycles. The van der Waals surface area contributed by atoms with Gasteiger partial charge < -0.3 is 10.2 Å². The summed E-state index contributed by atoms with van der Waals surface area (Å²) in [6.45, 7) is 2.25. The molecule has 5 nitrogen and oxygen atoms in total. The summed E-state index contributed by atoms with van der Waals surface area (Å²) in [5.74, 6) is 1.40. The third-order valence-electron chi connectivity index (χ3n) is 6.00. The number of amides is 2. The SMILES string of the molecule is O=C(NCc1csc(C2CCCN(C(=O)C3CCCCC3)C2)n1)C1CC1. The molecule has 1 unspecified atom stereocenters. The zero-order valence-electron chi connectivity index (χ0n) is 15.4. The number of aromatic nitrogens is 1. The molecule has 26 heavy (non-hydrogen) atoms. The molecular weight excluding hydrogens is 346 g/mol. The number of piperidine rings is 1. The van der Waals surface area contributed by atoms with Crippen molar-refractivity contribution in [2.45, 2.75) is 70.3 Å². The van der Waals surface area contributed by atoms with Gasteiger partial charge in [-0.25, -0.2) is 4.98 Å². The highest BCUT2D eigenvalue weighted by Gasteiger charge is 2.32. The van der Waals surface area contributed by atoms with Gasteiger partial charge in [-0.05, 0) is 38.5 Å². The molecule has 2 aliphatic carbocycles. The van der Waals surface area contributed by atoms with Crippen molar-refractivity contribution in [2.75, 3.05) is 13.1 Å². The molecular formula is C20H29N3O2S. The third kappa shape index (κ3) is 4.27. The van der Waals surface area contributed by atoms with E-state index in [-0.39, 0.29) is 17.7 Å². The van der Waals surface area contributed by atoms with Crippen LogP contribution in [0.4, 0.5) is 0 Å². The second-order valence-corrected chi connectivity index (χ2v) is 9.02. The van der Waals surface area contributed by atoms with Gasteiger partial charge in [0.2, 0.25) is 11.8 Å². The summed E-state index contributed by atoms with van der Waals surface area (Å²) < 4.78 is 0. The van der Waals surface area contributed by atoms with Crippen LogP contribution in [-0.2, 0) is 16.1 Å². The number of rotatable bonds is 5. The molecule has 2 heterocycles. The quantitative estimate of drug-likeness (QED) is 0.857. The molecule has 1 aromatic heterocycles. The van der Waals surface area contributed by atoms with Crippen molar-refractivity contribution in [3.63, 3.8) is 0 Å². The number of nitrogens with one attached hydrogen (secondary N) is 1. The second kappa shape index (κ2) is 8.07. The molecule has 1 aliphatic heterocycles. The van der Waals surface area contributed by atoms with Crippen molar-refractivity contribution in [3.8, 4) is 0 Å². The fourth-order valence-corrected chi connectivity index (χ4v) is 5.19. The largest absolute Gasteiger partial charge is 0.350 e. The molecule has 1 aromatic rings. The third-order valence-corrected chi connectivity index (χ3v) is 7.05. The molecule has 2 saturated carbocycles. The van der Waals surface area contributed by atoms with Gasteiger partial charge in [-0.15, -0.1) is 11.3 Å². The van der Waals surface area contributed by atoms with Crippen LogP contribution in [0.25, 0.3) is 0 Å². The lowest BCUT2D eigenvalue weighted by atomic mass is 9.87. The van der Waals surface area contributed by atoms with Crippen LogP contribution in [0.2, 0.25) is 0 Å². The molecule has 3 fully saturated rings. The summed E-state index contributed by atoms with van der Waals surface area (Å²) in [7, 11) is 0. The second-order valence-electron chi connectivity index (χ2n) is 8.13. The summed E-state index contributed by atoms with van der Waals surface area (Å²) in [5, 5.41) is 6.17. The van der Waals surface area contributed by atoms with E-state index in [9.17, 15) is 9.59 Å². The van der Waals surface area contributed by atoms with Crippen molar-refractivity contribution in [3.05, 3.63) is 16.1 Å². The van der Waals surface area contributed by atoms with Crippen molar-refractivity contribution in [1.29, 1.82) is 0 Å². The summed E-state index contributed by atoms with van der Waals surface area (Å²) in [5.41, 5.74) is 0.953. The topological polar surface area (TPSA) is 62.3 Å². The van der Waals surface area contributed by atoms with E-state index in [0.717, 1.165) is 62.3 Å². The maximum atomic E-state index is 12.8. The Bertz CT molecular complexity index is 649. The maximum Gasteiger partial charge on any atom is 0.225 e. The average Bonchev–Trinajstić information content (AvgIpc) is 3.44. The van der Waals surface area contributed by atoms with Crippen LogP contribution in [0.15, 0.2) is 5.38 Å². The standard InChI is InChI=1S/C20H29N3O2S/c24-18(14-8-9-14)21-11-17-13-26-19(22-17)16-7-4-10-23(12-16)20(25)15-5-2-1-3-6-15/h13-16H,1-12H2,(H,21,24). The molecule has 0 radical (unpaired) electrons. The van der Waals surface area contributed by atoms with Crippen molar-refractivity contribution >= 4 is 23.2 Å². The van der Waals surface area contributed by atoms with Gasteiger partial charge in [-0.1, -0.05) is 19.3 Å². The number of carbonyl (C=O) groups is 2. The van der Waals surface area contributed by atoms with E-state index in [0.29, 0.717) is 18.4 Å². The lowest BCUT2D eigenvalue weighted by Gasteiger charge is -2.35. The van der Waals surface area contributed by atoms with Gasteiger partial charge in [0, 0.05) is 36.2 Å². The first-order chi connectivity index (χ1) is 12.7. The number of hydrogen-bond acceptors (Lipinski definition) is 4. The molecule has 2 amide bonds. The van der Waals surface area contributed by atoms with E-state index in [1.54, 1.807) is 11.3 Å². The van der Waals surface area contributed by atoms with Crippen LogP contribution >= 0.6 is 11.3 Å². The van der Waals surface area contributed by atoms with E-state index in [1.807, 2.05) is 0 Å². The van der Waals surface area contributed by atoms with Crippen LogP contribution in [0.1, 0.15) is 74.4 Å². The molecule has 0 bridgehead atoms. The van der Waals surface area contributed by atoms with Crippen LogP contribution in [0, 0.1) is 11.8 Å². The lowest BCUT2D eigenvalue weighted by molar-refractivity contribution is -0.137. The molecule has 0 spiro atoms. The molecule has 3 aliphatic rings. The Kier molecular flexibility index (Phi) is 5.57. The smallest absolute Gasteiger partial charge is 0.225 e. The highest BCUT2D eigenvalue weighted by Crippen LogP contribution is 2.32. The molecule has 1 atom stereocenters. The molecule has 142 valence electrons. The Morgan fingerprint density at radius 2 is 1.88 bits per heavy atom. The van der Waals surface area contributed by atoms with Gasteiger partial charge in [-0.2, -0.15) is 0 Å². The summed E-state index contributed by atoms with van der Waals surface area (Å²) in [6.07, 6.45) is 10.1. The fourth-order valence-electron chi connectivity index (χ4n) is 4.25. The number of hydrogen-bond donors (Lipinski definition) is 1. The molecule has 1 N–H and O–H groups in total. The fraction of sp³-hybridized carbons (Fsp3) is 0.750. The van der Waals surface area contributed by atoms with Crippen LogP contribution in [0.5, 0.6) is 0 Å². The van der Waals surface area contributed by atoms with Gasteiger partial charge >= 0.3 is 0 Å². The van der Waals surface area contributed by atoms with Crippen molar-refractivity contribution in [2.24, 2.45) is 11.8 Å². The predicted molar refractivity (Wildman–Crippen MR) is 102 cm³/mol. The van der Waals surface area contributed by atoms with Gasteiger partial charge in [0.15, 0.2) is 0 Å². The summed E-state index contributed by atoms with van der Waals surface area (Å²) in [6, 6.07) is 0. The molecule has 4 rings (SSSR count). The Morgan fingerprint density at radius 3 is 2.65 bits per heavy atom. The maximum absolute atomic E-state index is 12.8. The monoisotopic (exact) mass is 375 g/mol. The minimum absolute atomic E-state index is 0.168. The number of carbonyl (C=O) groups excluding carboxylic acids is 2. The zero-order valence-corrected chi connectivity index (χ0v) is 16.2. The van der Waals surface area contributed by atoms with Crippen LogP contribution in [-0.4, -0.2) is 34.8 Å². The molecule has 6 heteroatoms. The van der Waals surface area contributed by atoms with E-state index >= 15 is 0 Å². The van der Waals surface area contributed by atoms with Crippen LogP contribution < -0.4 is 5.32 Å². The average molecular weight is 376 g/mol. The van der Waals surface area contributed by atoms with E-state index < -0.39 is 0 Å². The minimum atomic E-state index is 0.168. The van der Waals surface area contributed by atoms with Crippen molar-refractivity contribution < 1.29 is 9.59 Å². The summed E-state index contributed by atoms with van der Waals surface area (Å²) >= 11 is 1.68. The molecule has 0 aromatic carbocycles. The van der Waals surface area contributed by atoms with Gasteiger partial charge in [0.25, 0.3) is 0 Å². The number of nitrogens with zero attached hydrogens (tertiary/aromatic N) is 2. The van der Waals surface area contributed by atoms with Gasteiger partial charge in [0.05, 0.1) is 17.2 Å². The normalized spacial score (nSPS) is 24.5. The highest BCUT2D eigenvalue weighted by molar-refractivity contribution is 7.09. The predicted octanol–water partition coefficient (Wildman–Crippen LogP) is 3.46. The Hall–Kier alpha value is -1.43. The first-order valence-electron chi connectivity index (χ1n) is 10.2. The Morgan fingerprint density at radius 1 is 1.08 bits per heavy atom. The van der Waals surface area contributed by atoms with Gasteiger partial charge in [0.1, 0.15) is 0 Å². The summed E-state index contributed by atoms with van der Waals surface area (Å²) in [4.78, 5) is 31.5. The van der Waals surface area contributed by atoms with E-state index in [4.69, 9.17) is 4.98 Å². The number of likely N-dealkylation sites (tertiary alicyclic amines) is 1. The van der Waals surface area contributed by atoms with E-state index in [1.165, 1.54) is 19.3 Å². The first-order valence-corrected chi connectivity index (χ1v) is 11.1. The first kappa shape index (κ1) is 18.0. The Labute approximate surface area is 159 Å².